The van der Waals surface area contributed by atoms with Gasteiger partial charge in [-0.2, -0.15) is 0 Å². The Kier molecular flexibility index (Phi) is 6.60. The number of nitrogens with zero attached hydrogens (tertiary/aromatic N) is 1. The van der Waals surface area contributed by atoms with Gasteiger partial charge in [0.1, 0.15) is 0 Å². The molecule has 0 radical (unpaired) electrons. The highest BCUT2D eigenvalue weighted by Crippen LogP contribution is 2.12. The van der Waals surface area contributed by atoms with Crippen molar-refractivity contribution in [2.45, 2.75) is 26.4 Å². The van der Waals surface area contributed by atoms with Gasteiger partial charge in [-0.15, -0.1) is 12.4 Å². The van der Waals surface area contributed by atoms with E-state index in [0.717, 1.165) is 12.1 Å². The van der Waals surface area contributed by atoms with E-state index < -0.39 is 0 Å². The second-order valence-electron chi connectivity index (χ2n) is 5.31. The van der Waals surface area contributed by atoms with Gasteiger partial charge in [-0.1, -0.05) is 60.2 Å². The number of benzene rings is 2. The first-order chi connectivity index (χ1) is 9.58. The molecule has 0 bridgehead atoms. The Morgan fingerprint density at radius 3 is 2.19 bits per heavy atom. The number of hydrogen-bond acceptors (Lipinski definition) is 2. The largest absolute Gasteiger partial charge is 0.292 e. The van der Waals surface area contributed by atoms with Gasteiger partial charge in [-0.05, 0) is 26.5 Å². The van der Waals surface area contributed by atoms with Crippen molar-refractivity contribution in [2.24, 2.45) is 0 Å². The van der Waals surface area contributed by atoms with Gasteiger partial charge in [-0.25, -0.2) is 0 Å². The van der Waals surface area contributed by atoms with Crippen LogP contribution < -0.4 is 0 Å². The van der Waals surface area contributed by atoms with Gasteiger partial charge in [0, 0.05) is 12.1 Å². The maximum Gasteiger partial charge on any atom is 0.179 e. The highest BCUT2D eigenvalue weighted by molar-refractivity contribution is 5.99. The van der Waals surface area contributed by atoms with Crippen molar-refractivity contribution < 1.29 is 4.79 Å². The smallest absolute Gasteiger partial charge is 0.179 e. The number of likely N-dealkylation sites (N-methyl/N-ethyl adjacent to an activating group) is 1. The van der Waals surface area contributed by atoms with Crippen LogP contribution in [0.3, 0.4) is 0 Å². The molecule has 1 atom stereocenters. The van der Waals surface area contributed by atoms with Crippen LogP contribution >= 0.6 is 12.4 Å². The topological polar surface area (TPSA) is 20.3 Å². The van der Waals surface area contributed by atoms with E-state index in [-0.39, 0.29) is 24.2 Å². The number of aryl methyl sites for hydroxylation is 1. The summed E-state index contributed by atoms with van der Waals surface area (Å²) in [5.41, 5.74) is 3.17. The number of halogens is 1. The minimum atomic E-state index is -0.127. The fourth-order valence-electron chi connectivity index (χ4n) is 2.17. The van der Waals surface area contributed by atoms with Crippen LogP contribution in [-0.2, 0) is 6.54 Å². The number of carbonyl (C=O) groups is 1. The summed E-state index contributed by atoms with van der Waals surface area (Å²) in [5.74, 6) is 0.170. The first-order valence-electron chi connectivity index (χ1n) is 6.93. The molecule has 0 amide bonds. The Morgan fingerprint density at radius 2 is 1.62 bits per heavy atom. The molecule has 112 valence electrons. The molecule has 2 aromatic rings. The standard InChI is InChI=1S/C18H21NO.ClH/c1-14-9-11-17(12-10-14)18(20)15(2)19(3)13-16-7-5-4-6-8-16;/h4-12,15H,13H2,1-3H3;1H. The predicted molar refractivity (Wildman–Crippen MR) is 90.1 cm³/mol. The van der Waals surface area contributed by atoms with Crippen LogP contribution in [0.2, 0.25) is 0 Å². The molecule has 2 aromatic carbocycles. The minimum absolute atomic E-state index is 0. The van der Waals surface area contributed by atoms with Crippen LogP contribution in [0.5, 0.6) is 0 Å². The molecule has 0 aromatic heterocycles. The number of carbonyl (C=O) groups excluding carboxylic acids is 1. The van der Waals surface area contributed by atoms with E-state index in [0.29, 0.717) is 0 Å². The van der Waals surface area contributed by atoms with Gasteiger partial charge in [0.05, 0.1) is 6.04 Å². The quantitative estimate of drug-likeness (QED) is 0.774. The predicted octanol–water partition coefficient (Wildman–Crippen LogP) is 4.12. The average Bonchev–Trinajstić information content (AvgIpc) is 2.47. The monoisotopic (exact) mass is 303 g/mol. The molecule has 2 nitrogen and oxygen atoms in total. The van der Waals surface area contributed by atoms with Gasteiger partial charge in [-0.3, -0.25) is 9.69 Å². The summed E-state index contributed by atoms with van der Waals surface area (Å²) in [6.45, 7) is 4.77. The lowest BCUT2D eigenvalue weighted by Crippen LogP contribution is -2.35. The van der Waals surface area contributed by atoms with Crippen molar-refractivity contribution in [3.63, 3.8) is 0 Å². The Bertz CT molecular complexity index is 566. The van der Waals surface area contributed by atoms with Crippen LogP contribution in [0.4, 0.5) is 0 Å². The van der Waals surface area contributed by atoms with E-state index >= 15 is 0 Å². The van der Waals surface area contributed by atoms with E-state index in [1.807, 2.05) is 63.4 Å². The zero-order valence-corrected chi connectivity index (χ0v) is 13.6. The zero-order chi connectivity index (χ0) is 14.5. The van der Waals surface area contributed by atoms with Crippen molar-refractivity contribution in [2.75, 3.05) is 7.05 Å². The molecule has 1 unspecified atom stereocenters. The number of hydrogen-bond donors (Lipinski definition) is 0. The lowest BCUT2D eigenvalue weighted by molar-refractivity contribution is 0.0862. The summed E-state index contributed by atoms with van der Waals surface area (Å²) in [7, 11) is 1.99. The third kappa shape index (κ3) is 4.69. The molecule has 3 heteroatoms. The fourth-order valence-corrected chi connectivity index (χ4v) is 2.17. The minimum Gasteiger partial charge on any atom is -0.292 e. The normalized spacial score (nSPS) is 11.8. The Morgan fingerprint density at radius 1 is 1.05 bits per heavy atom. The Hall–Kier alpha value is -1.64. The third-order valence-electron chi connectivity index (χ3n) is 3.65. The van der Waals surface area contributed by atoms with Crippen LogP contribution in [0.15, 0.2) is 54.6 Å². The van der Waals surface area contributed by atoms with Gasteiger partial charge in [0.15, 0.2) is 5.78 Å². The van der Waals surface area contributed by atoms with Crippen molar-refractivity contribution in [1.29, 1.82) is 0 Å². The first-order valence-corrected chi connectivity index (χ1v) is 6.93. The molecular weight excluding hydrogens is 282 g/mol. The molecular formula is C18H22ClNO. The Balaban J connectivity index is 0.00000220. The fraction of sp³-hybridized carbons (Fsp3) is 0.278. The number of rotatable bonds is 5. The van der Waals surface area contributed by atoms with Crippen LogP contribution in [0.1, 0.15) is 28.4 Å². The van der Waals surface area contributed by atoms with Gasteiger partial charge >= 0.3 is 0 Å². The second kappa shape index (κ2) is 7.96. The van der Waals surface area contributed by atoms with E-state index in [4.69, 9.17) is 0 Å². The molecule has 0 aliphatic rings. The Labute approximate surface area is 133 Å². The van der Waals surface area contributed by atoms with E-state index in [1.54, 1.807) is 0 Å². The molecule has 0 heterocycles. The second-order valence-corrected chi connectivity index (χ2v) is 5.31. The van der Waals surface area contributed by atoms with Gasteiger partial charge in [0.25, 0.3) is 0 Å². The SMILES string of the molecule is Cc1ccc(C(=O)C(C)N(C)Cc2ccccc2)cc1.Cl. The van der Waals surface area contributed by atoms with Crippen molar-refractivity contribution in [3.8, 4) is 0 Å². The third-order valence-corrected chi connectivity index (χ3v) is 3.65. The molecule has 21 heavy (non-hydrogen) atoms. The molecule has 0 N–H and O–H groups in total. The van der Waals surface area contributed by atoms with Crippen LogP contribution in [-0.4, -0.2) is 23.8 Å². The molecule has 2 rings (SSSR count). The lowest BCUT2D eigenvalue weighted by Gasteiger charge is -2.23. The molecule has 0 fully saturated rings. The van der Waals surface area contributed by atoms with E-state index in [2.05, 4.69) is 17.0 Å². The lowest BCUT2D eigenvalue weighted by atomic mass is 10.0. The van der Waals surface area contributed by atoms with Crippen molar-refractivity contribution in [3.05, 3.63) is 71.3 Å². The molecule has 0 saturated heterocycles. The van der Waals surface area contributed by atoms with E-state index in [9.17, 15) is 4.79 Å². The first kappa shape index (κ1) is 17.4. The maximum atomic E-state index is 12.4. The highest BCUT2D eigenvalue weighted by Gasteiger charge is 2.19. The molecule has 0 saturated carbocycles. The van der Waals surface area contributed by atoms with Crippen molar-refractivity contribution in [1.82, 2.24) is 4.90 Å². The van der Waals surface area contributed by atoms with Crippen LogP contribution in [0.25, 0.3) is 0 Å². The zero-order valence-electron chi connectivity index (χ0n) is 12.7. The summed E-state index contributed by atoms with van der Waals surface area (Å²) in [6, 6.07) is 17.9. The van der Waals surface area contributed by atoms with Gasteiger partial charge in [0.2, 0.25) is 0 Å². The number of Topliss-reactive ketones (excluding diaryl/α,β-unsaturated/α-hetero) is 1. The summed E-state index contributed by atoms with van der Waals surface area (Å²) in [6.07, 6.45) is 0. The molecule has 0 aliphatic carbocycles. The maximum absolute atomic E-state index is 12.4. The van der Waals surface area contributed by atoms with Crippen molar-refractivity contribution >= 4 is 18.2 Å². The van der Waals surface area contributed by atoms with E-state index in [1.165, 1.54) is 11.1 Å². The van der Waals surface area contributed by atoms with Crippen LogP contribution in [0, 0.1) is 6.92 Å². The highest BCUT2D eigenvalue weighted by atomic mass is 35.5. The average molecular weight is 304 g/mol. The summed E-state index contributed by atoms with van der Waals surface area (Å²) in [5, 5.41) is 0. The van der Waals surface area contributed by atoms with Gasteiger partial charge < -0.3 is 0 Å². The summed E-state index contributed by atoms with van der Waals surface area (Å²) in [4.78, 5) is 14.5. The molecule has 0 aliphatic heterocycles. The summed E-state index contributed by atoms with van der Waals surface area (Å²) >= 11 is 0. The molecule has 0 spiro atoms. The summed E-state index contributed by atoms with van der Waals surface area (Å²) < 4.78 is 0. The number of ketones is 1.